The van der Waals surface area contributed by atoms with Crippen molar-refractivity contribution in [3.63, 3.8) is 0 Å². The van der Waals surface area contributed by atoms with Crippen molar-refractivity contribution in [2.45, 2.75) is 4.21 Å². The van der Waals surface area contributed by atoms with Gasteiger partial charge in [0.1, 0.15) is 0 Å². The van der Waals surface area contributed by atoms with Gasteiger partial charge in [-0.25, -0.2) is 18.2 Å². The number of aromatic nitrogens is 2. The third-order valence-corrected chi connectivity index (χ3v) is 5.37. The third-order valence-electron chi connectivity index (χ3n) is 2.00. The second-order valence-electron chi connectivity index (χ2n) is 3.25. The van der Waals surface area contributed by atoms with Crippen molar-refractivity contribution in [3.05, 3.63) is 34.1 Å². The number of pyridine rings is 1. The monoisotopic (exact) mass is 363 g/mol. The number of hydrogen-bond acceptors (Lipinski definition) is 6. The van der Waals surface area contributed by atoms with Crippen LogP contribution in [0.2, 0.25) is 0 Å². The highest BCUT2D eigenvalue weighted by Crippen LogP contribution is 2.26. The first-order valence-corrected chi connectivity index (χ1v) is 7.86. The Morgan fingerprint density at radius 2 is 2.21 bits per heavy atom. The van der Waals surface area contributed by atoms with Gasteiger partial charge < -0.3 is 5.11 Å². The highest BCUT2D eigenvalue weighted by molar-refractivity contribution is 9.10. The molecule has 2 rings (SSSR count). The Labute approximate surface area is 120 Å². The van der Waals surface area contributed by atoms with Gasteiger partial charge in [0.25, 0.3) is 10.0 Å². The van der Waals surface area contributed by atoms with Gasteiger partial charge in [0.05, 0.1) is 15.7 Å². The lowest BCUT2D eigenvalue weighted by molar-refractivity contribution is 0.0687. The average molecular weight is 364 g/mol. The molecule has 0 aliphatic rings. The predicted octanol–water partition coefficient (Wildman–Crippen LogP) is 1.80. The molecule has 2 N–H and O–H groups in total. The van der Waals surface area contributed by atoms with Crippen LogP contribution in [-0.4, -0.2) is 29.5 Å². The van der Waals surface area contributed by atoms with Crippen LogP contribution in [0.15, 0.2) is 32.7 Å². The Morgan fingerprint density at radius 3 is 2.84 bits per heavy atom. The van der Waals surface area contributed by atoms with Crippen LogP contribution in [0.3, 0.4) is 0 Å². The summed E-state index contributed by atoms with van der Waals surface area (Å²) in [7, 11) is -4.00. The molecule has 0 fully saturated rings. The number of carbonyl (C=O) groups is 1. The van der Waals surface area contributed by atoms with E-state index >= 15 is 0 Å². The first kappa shape index (κ1) is 13.9. The number of rotatable bonds is 4. The van der Waals surface area contributed by atoms with Crippen molar-refractivity contribution in [1.29, 1.82) is 0 Å². The molecule has 0 saturated heterocycles. The summed E-state index contributed by atoms with van der Waals surface area (Å²) in [6.07, 6.45) is 2.83. The number of carboxylic acid groups (broad SMARTS) is 1. The van der Waals surface area contributed by atoms with E-state index in [1.165, 1.54) is 24.0 Å². The SMILES string of the molecule is O=C(O)c1ncsc1S(=O)(=O)Nc1ccncc1Br. The normalized spacial score (nSPS) is 11.2. The van der Waals surface area contributed by atoms with Gasteiger partial charge in [-0.2, -0.15) is 0 Å². The molecule has 7 nitrogen and oxygen atoms in total. The van der Waals surface area contributed by atoms with Gasteiger partial charge in [-0.05, 0) is 22.0 Å². The topological polar surface area (TPSA) is 109 Å². The Balaban J connectivity index is 2.41. The fourth-order valence-corrected chi connectivity index (χ4v) is 3.92. The van der Waals surface area contributed by atoms with Gasteiger partial charge in [0.15, 0.2) is 9.90 Å². The van der Waals surface area contributed by atoms with Crippen molar-refractivity contribution in [2.24, 2.45) is 0 Å². The minimum atomic E-state index is -4.00. The van der Waals surface area contributed by atoms with E-state index < -0.39 is 21.7 Å². The van der Waals surface area contributed by atoms with Crippen LogP contribution < -0.4 is 4.72 Å². The molecule has 0 unspecified atom stereocenters. The molecule has 10 heteroatoms. The summed E-state index contributed by atoms with van der Waals surface area (Å²) in [6, 6.07) is 1.45. The van der Waals surface area contributed by atoms with Crippen molar-refractivity contribution >= 4 is 48.9 Å². The Morgan fingerprint density at radius 1 is 1.47 bits per heavy atom. The largest absolute Gasteiger partial charge is 0.476 e. The van der Waals surface area contributed by atoms with Gasteiger partial charge in [-0.1, -0.05) is 0 Å². The minimum Gasteiger partial charge on any atom is -0.476 e. The molecule has 0 saturated carbocycles. The van der Waals surface area contributed by atoms with Crippen LogP contribution in [0.25, 0.3) is 0 Å². The van der Waals surface area contributed by atoms with Crippen LogP contribution >= 0.6 is 27.3 Å². The Hall–Kier alpha value is -1.52. The molecular formula is C9H6BrN3O4S2. The number of halogens is 1. The van der Waals surface area contributed by atoms with Crippen LogP contribution in [0.1, 0.15) is 10.5 Å². The van der Waals surface area contributed by atoms with E-state index in [0.29, 0.717) is 4.47 Å². The minimum absolute atomic E-state index is 0.264. The second-order valence-corrected chi connectivity index (χ2v) is 6.84. The van der Waals surface area contributed by atoms with Crippen molar-refractivity contribution in [1.82, 2.24) is 9.97 Å². The lowest BCUT2D eigenvalue weighted by Gasteiger charge is -2.07. The number of nitrogens with zero attached hydrogens (tertiary/aromatic N) is 2. The maximum atomic E-state index is 12.1. The third kappa shape index (κ3) is 2.91. The number of hydrogen-bond donors (Lipinski definition) is 2. The van der Waals surface area contributed by atoms with Crippen molar-refractivity contribution in [2.75, 3.05) is 4.72 Å². The van der Waals surface area contributed by atoms with E-state index in [4.69, 9.17) is 5.11 Å². The average Bonchev–Trinajstić information content (AvgIpc) is 2.82. The molecule has 0 radical (unpaired) electrons. The fourth-order valence-electron chi connectivity index (χ4n) is 1.22. The molecule has 0 aliphatic heterocycles. The standard InChI is InChI=1S/C9H6BrN3O4S2/c10-5-3-11-2-1-6(5)13-19(16,17)9-7(8(14)15)12-4-18-9/h1-4H,(H,11,13)(H,14,15). The molecule has 2 heterocycles. The fraction of sp³-hybridized carbons (Fsp3) is 0. The smallest absolute Gasteiger partial charge is 0.356 e. The Kier molecular flexibility index (Phi) is 3.83. The quantitative estimate of drug-likeness (QED) is 0.856. The summed E-state index contributed by atoms with van der Waals surface area (Å²) in [6.45, 7) is 0. The zero-order valence-electron chi connectivity index (χ0n) is 9.07. The highest BCUT2D eigenvalue weighted by atomic mass is 79.9. The van der Waals surface area contributed by atoms with E-state index in [2.05, 4.69) is 30.6 Å². The molecule has 0 aromatic carbocycles. The van der Waals surface area contributed by atoms with Gasteiger partial charge in [-0.15, -0.1) is 11.3 Å². The molecule has 0 spiro atoms. The van der Waals surface area contributed by atoms with Gasteiger partial charge in [-0.3, -0.25) is 9.71 Å². The summed E-state index contributed by atoms with van der Waals surface area (Å²) in [5.74, 6) is -1.39. The number of nitrogens with one attached hydrogen (secondary N) is 1. The molecule has 0 aliphatic carbocycles. The van der Waals surface area contributed by atoms with E-state index in [1.807, 2.05) is 0 Å². The number of anilines is 1. The van der Waals surface area contributed by atoms with Gasteiger partial charge in [0.2, 0.25) is 0 Å². The summed E-state index contributed by atoms with van der Waals surface area (Å²) < 4.78 is 26.6. The van der Waals surface area contributed by atoms with Crippen LogP contribution in [0.5, 0.6) is 0 Å². The summed E-state index contributed by atoms with van der Waals surface area (Å²) in [5, 5.41) is 8.87. The summed E-state index contributed by atoms with van der Waals surface area (Å²) in [4.78, 5) is 18.2. The molecule has 100 valence electrons. The maximum Gasteiger partial charge on any atom is 0.356 e. The van der Waals surface area contributed by atoms with Gasteiger partial charge >= 0.3 is 5.97 Å². The number of carboxylic acids is 1. The molecule has 19 heavy (non-hydrogen) atoms. The number of thiazole rings is 1. The van der Waals surface area contributed by atoms with Crippen molar-refractivity contribution in [3.8, 4) is 0 Å². The second kappa shape index (κ2) is 5.23. The molecule has 0 atom stereocenters. The first-order valence-electron chi connectivity index (χ1n) is 4.71. The van der Waals surface area contributed by atoms with E-state index in [1.54, 1.807) is 0 Å². The highest BCUT2D eigenvalue weighted by Gasteiger charge is 2.26. The molecule has 0 amide bonds. The molecule has 2 aromatic heterocycles. The predicted molar refractivity (Wildman–Crippen MR) is 71.8 cm³/mol. The first-order chi connectivity index (χ1) is 8.92. The lowest BCUT2D eigenvalue weighted by atomic mass is 10.4. The Bertz CT molecular complexity index is 729. The molecule has 0 bridgehead atoms. The zero-order chi connectivity index (χ0) is 14.0. The van der Waals surface area contributed by atoms with E-state index in [-0.39, 0.29) is 9.90 Å². The molecular weight excluding hydrogens is 358 g/mol. The molecule has 2 aromatic rings. The number of sulfonamides is 1. The zero-order valence-corrected chi connectivity index (χ0v) is 12.3. The maximum absolute atomic E-state index is 12.1. The van der Waals surface area contributed by atoms with E-state index in [9.17, 15) is 13.2 Å². The summed E-state index contributed by atoms with van der Waals surface area (Å²) in [5.41, 5.74) is 0.932. The summed E-state index contributed by atoms with van der Waals surface area (Å²) >= 11 is 3.88. The number of aromatic carboxylic acids is 1. The van der Waals surface area contributed by atoms with Crippen LogP contribution in [0, 0.1) is 0 Å². The van der Waals surface area contributed by atoms with Crippen LogP contribution in [-0.2, 0) is 10.0 Å². The van der Waals surface area contributed by atoms with Gasteiger partial charge in [0, 0.05) is 12.4 Å². The lowest BCUT2D eigenvalue weighted by Crippen LogP contribution is -2.15. The van der Waals surface area contributed by atoms with Crippen molar-refractivity contribution < 1.29 is 18.3 Å². The van der Waals surface area contributed by atoms with Crippen LogP contribution in [0.4, 0.5) is 5.69 Å². The van der Waals surface area contributed by atoms with E-state index in [0.717, 1.165) is 11.3 Å².